The SMILES string of the molecule is COc1ccc(/C(C#N)=C/c2cc(Cl)ccc2OCc2ccc(C)cc2)cc1. The highest BCUT2D eigenvalue weighted by atomic mass is 35.5. The predicted octanol–water partition coefficient (Wildman–Crippen LogP) is 6.30. The van der Waals surface area contributed by atoms with Crippen LogP contribution in [0.25, 0.3) is 11.6 Å². The molecular weight excluding hydrogens is 370 g/mol. The lowest BCUT2D eigenvalue weighted by atomic mass is 10.0. The minimum Gasteiger partial charge on any atom is -0.497 e. The fourth-order valence-corrected chi connectivity index (χ4v) is 2.90. The number of ether oxygens (including phenoxy) is 2. The van der Waals surface area contributed by atoms with Gasteiger partial charge < -0.3 is 9.47 Å². The van der Waals surface area contributed by atoms with E-state index in [4.69, 9.17) is 21.1 Å². The van der Waals surface area contributed by atoms with Crippen molar-refractivity contribution in [2.24, 2.45) is 0 Å². The van der Waals surface area contributed by atoms with Gasteiger partial charge in [0.15, 0.2) is 0 Å². The molecule has 0 fully saturated rings. The number of hydrogen-bond donors (Lipinski definition) is 0. The van der Waals surface area contributed by atoms with Crippen LogP contribution in [0.15, 0.2) is 66.7 Å². The van der Waals surface area contributed by atoms with Gasteiger partial charge in [-0.1, -0.05) is 41.4 Å². The lowest BCUT2D eigenvalue weighted by Crippen LogP contribution is -1.97. The van der Waals surface area contributed by atoms with Gasteiger partial charge in [-0.2, -0.15) is 5.26 Å². The molecule has 0 saturated heterocycles. The average molecular weight is 390 g/mol. The molecule has 0 heterocycles. The molecule has 0 N–H and O–H groups in total. The van der Waals surface area contributed by atoms with Crippen molar-refractivity contribution < 1.29 is 9.47 Å². The van der Waals surface area contributed by atoms with E-state index in [-0.39, 0.29) is 0 Å². The number of methoxy groups -OCH3 is 1. The molecule has 3 nitrogen and oxygen atoms in total. The van der Waals surface area contributed by atoms with Crippen molar-refractivity contribution >= 4 is 23.3 Å². The van der Waals surface area contributed by atoms with Crippen molar-refractivity contribution in [3.63, 3.8) is 0 Å². The lowest BCUT2D eigenvalue weighted by molar-refractivity contribution is 0.305. The minimum atomic E-state index is 0.438. The molecule has 28 heavy (non-hydrogen) atoms. The fourth-order valence-electron chi connectivity index (χ4n) is 2.72. The van der Waals surface area contributed by atoms with E-state index in [1.54, 1.807) is 25.3 Å². The van der Waals surface area contributed by atoms with Crippen molar-refractivity contribution in [3.05, 3.63) is 94.0 Å². The highest BCUT2D eigenvalue weighted by Crippen LogP contribution is 2.29. The largest absolute Gasteiger partial charge is 0.497 e. The molecule has 0 amide bonds. The topological polar surface area (TPSA) is 42.2 Å². The van der Waals surface area contributed by atoms with Crippen LogP contribution >= 0.6 is 11.6 Å². The van der Waals surface area contributed by atoms with Crippen LogP contribution < -0.4 is 9.47 Å². The van der Waals surface area contributed by atoms with Gasteiger partial charge in [-0.3, -0.25) is 0 Å². The molecule has 3 aromatic carbocycles. The standard InChI is InChI=1S/C24H20ClNO2/c1-17-3-5-18(6-4-17)16-28-24-12-9-22(25)14-20(24)13-21(15-26)19-7-10-23(27-2)11-8-19/h3-14H,16H2,1-2H3/b21-13+. The van der Waals surface area contributed by atoms with E-state index < -0.39 is 0 Å². The Morgan fingerprint density at radius 2 is 1.75 bits per heavy atom. The summed E-state index contributed by atoms with van der Waals surface area (Å²) in [5, 5.41) is 10.2. The molecule has 3 rings (SSSR count). The van der Waals surface area contributed by atoms with Crippen molar-refractivity contribution in [1.82, 2.24) is 0 Å². The Morgan fingerprint density at radius 3 is 2.39 bits per heavy atom. The van der Waals surface area contributed by atoms with Crippen LogP contribution in [-0.4, -0.2) is 7.11 Å². The van der Waals surface area contributed by atoms with Crippen LogP contribution in [0.1, 0.15) is 22.3 Å². The molecule has 0 saturated carbocycles. The highest BCUT2D eigenvalue weighted by Gasteiger charge is 2.08. The Bertz CT molecular complexity index is 1020. The molecule has 4 heteroatoms. The predicted molar refractivity (Wildman–Crippen MR) is 113 cm³/mol. The van der Waals surface area contributed by atoms with Crippen molar-refractivity contribution in [1.29, 1.82) is 5.26 Å². The molecule has 0 aliphatic rings. The van der Waals surface area contributed by atoms with E-state index in [9.17, 15) is 5.26 Å². The molecule has 3 aromatic rings. The molecule has 0 unspecified atom stereocenters. The molecule has 0 aliphatic heterocycles. The maximum Gasteiger partial charge on any atom is 0.127 e. The molecule has 0 atom stereocenters. The number of benzene rings is 3. The summed E-state index contributed by atoms with van der Waals surface area (Å²) in [7, 11) is 1.61. The quantitative estimate of drug-likeness (QED) is 0.367. The zero-order valence-corrected chi connectivity index (χ0v) is 16.5. The maximum absolute atomic E-state index is 9.64. The van der Waals surface area contributed by atoms with E-state index in [1.807, 2.05) is 42.5 Å². The van der Waals surface area contributed by atoms with Crippen LogP contribution in [-0.2, 0) is 6.61 Å². The summed E-state index contributed by atoms with van der Waals surface area (Å²) in [6, 6.07) is 23.2. The number of aryl methyl sites for hydroxylation is 1. The smallest absolute Gasteiger partial charge is 0.127 e. The summed E-state index contributed by atoms with van der Waals surface area (Å²) >= 11 is 6.18. The van der Waals surface area contributed by atoms with E-state index in [2.05, 4.69) is 25.1 Å². The van der Waals surface area contributed by atoms with Gasteiger partial charge in [-0.25, -0.2) is 0 Å². The molecule has 0 aromatic heterocycles. The first kappa shape index (κ1) is 19.5. The molecule has 0 radical (unpaired) electrons. The van der Waals surface area contributed by atoms with Crippen LogP contribution in [0.5, 0.6) is 11.5 Å². The third-order valence-corrected chi connectivity index (χ3v) is 4.54. The van der Waals surface area contributed by atoms with Crippen LogP contribution in [0.2, 0.25) is 5.02 Å². The Hall–Kier alpha value is -3.22. The van der Waals surface area contributed by atoms with E-state index in [0.717, 1.165) is 22.4 Å². The van der Waals surface area contributed by atoms with Gasteiger partial charge in [0, 0.05) is 10.6 Å². The zero-order valence-electron chi connectivity index (χ0n) is 15.8. The van der Waals surface area contributed by atoms with Gasteiger partial charge in [0.25, 0.3) is 0 Å². The number of rotatable bonds is 6. The van der Waals surface area contributed by atoms with Gasteiger partial charge in [-0.15, -0.1) is 0 Å². The van der Waals surface area contributed by atoms with E-state index in [1.165, 1.54) is 5.56 Å². The first-order chi connectivity index (χ1) is 13.6. The van der Waals surface area contributed by atoms with Gasteiger partial charge in [0.1, 0.15) is 18.1 Å². The molecule has 0 bridgehead atoms. The van der Waals surface area contributed by atoms with Gasteiger partial charge in [0.2, 0.25) is 0 Å². The molecule has 0 aliphatic carbocycles. The monoisotopic (exact) mass is 389 g/mol. The zero-order chi connectivity index (χ0) is 19.9. The molecular formula is C24H20ClNO2. The number of nitriles is 1. The first-order valence-electron chi connectivity index (χ1n) is 8.83. The molecule has 140 valence electrons. The van der Waals surface area contributed by atoms with Crippen molar-refractivity contribution in [2.45, 2.75) is 13.5 Å². The van der Waals surface area contributed by atoms with E-state index >= 15 is 0 Å². The summed E-state index contributed by atoms with van der Waals surface area (Å²) in [4.78, 5) is 0. The Labute approximate surface area is 170 Å². The summed E-state index contributed by atoms with van der Waals surface area (Å²) < 4.78 is 11.2. The maximum atomic E-state index is 9.64. The normalized spacial score (nSPS) is 11.0. The third kappa shape index (κ3) is 4.94. The summed E-state index contributed by atoms with van der Waals surface area (Å²) in [5.41, 5.74) is 4.35. The Kier molecular flexibility index (Phi) is 6.37. The lowest BCUT2D eigenvalue weighted by Gasteiger charge is -2.11. The second-order valence-corrected chi connectivity index (χ2v) is 6.79. The minimum absolute atomic E-state index is 0.438. The average Bonchev–Trinajstić information content (AvgIpc) is 2.72. The van der Waals surface area contributed by atoms with Gasteiger partial charge >= 0.3 is 0 Å². The molecule has 0 spiro atoms. The number of allylic oxidation sites excluding steroid dienone is 1. The van der Waals surface area contributed by atoms with Gasteiger partial charge in [0.05, 0.1) is 18.8 Å². The van der Waals surface area contributed by atoms with E-state index in [0.29, 0.717) is 23.0 Å². The summed E-state index contributed by atoms with van der Waals surface area (Å²) in [5.74, 6) is 1.41. The Balaban J connectivity index is 1.88. The van der Waals surface area contributed by atoms with Crippen LogP contribution in [0, 0.1) is 18.3 Å². The number of hydrogen-bond acceptors (Lipinski definition) is 3. The fraction of sp³-hybridized carbons (Fsp3) is 0.125. The van der Waals surface area contributed by atoms with Gasteiger partial charge in [-0.05, 0) is 66.6 Å². The summed E-state index contributed by atoms with van der Waals surface area (Å²) in [6.45, 7) is 2.49. The third-order valence-electron chi connectivity index (χ3n) is 4.31. The first-order valence-corrected chi connectivity index (χ1v) is 9.21. The summed E-state index contributed by atoms with van der Waals surface area (Å²) in [6.07, 6.45) is 1.79. The Morgan fingerprint density at radius 1 is 1.04 bits per heavy atom. The highest BCUT2D eigenvalue weighted by molar-refractivity contribution is 6.30. The van der Waals surface area contributed by atoms with Crippen molar-refractivity contribution in [3.8, 4) is 17.6 Å². The number of halogens is 1. The van der Waals surface area contributed by atoms with Crippen LogP contribution in [0.4, 0.5) is 0 Å². The second-order valence-electron chi connectivity index (χ2n) is 6.35. The second kappa shape index (κ2) is 9.12. The van der Waals surface area contributed by atoms with Crippen LogP contribution in [0.3, 0.4) is 0 Å². The van der Waals surface area contributed by atoms with Crippen molar-refractivity contribution in [2.75, 3.05) is 7.11 Å². The number of nitrogens with zero attached hydrogens (tertiary/aromatic N) is 1.